The zero-order chi connectivity index (χ0) is 28.3. The molecule has 1 aliphatic heterocycles. The second-order valence-corrected chi connectivity index (χ2v) is 12.6. The number of nitrogens with one attached hydrogen (secondary N) is 1. The van der Waals surface area contributed by atoms with Crippen LogP contribution in [-0.2, 0) is 11.3 Å². The molecule has 0 radical (unpaired) electrons. The number of amides is 2. The zero-order valence-electron chi connectivity index (χ0n) is 24.7. The van der Waals surface area contributed by atoms with Crippen LogP contribution >= 0.6 is 11.8 Å². The molecular weight excluding hydrogens is 514 g/mol. The summed E-state index contributed by atoms with van der Waals surface area (Å²) in [4.78, 5) is 31.9. The van der Waals surface area contributed by atoms with Gasteiger partial charge in [-0.25, -0.2) is 0 Å². The molecule has 2 fully saturated rings. The van der Waals surface area contributed by atoms with Crippen molar-refractivity contribution in [2.24, 2.45) is 0 Å². The van der Waals surface area contributed by atoms with Crippen molar-refractivity contribution in [2.45, 2.75) is 90.0 Å². The molecule has 216 valence electrons. The average Bonchev–Trinajstić information content (AvgIpc) is 2.97. The van der Waals surface area contributed by atoms with Crippen LogP contribution in [0.3, 0.4) is 0 Å². The van der Waals surface area contributed by atoms with E-state index >= 15 is 0 Å². The highest BCUT2D eigenvalue weighted by atomic mass is 32.2. The lowest BCUT2D eigenvalue weighted by Gasteiger charge is -2.44. The van der Waals surface area contributed by atoms with E-state index in [0.29, 0.717) is 29.9 Å². The summed E-state index contributed by atoms with van der Waals surface area (Å²) < 4.78 is 0. The minimum absolute atomic E-state index is 0.0392. The molecule has 4 rings (SSSR count). The molecule has 0 bridgehead atoms. The summed E-state index contributed by atoms with van der Waals surface area (Å²) in [6.45, 7) is 11.0. The number of rotatable bonds is 13. The van der Waals surface area contributed by atoms with Crippen molar-refractivity contribution in [3.8, 4) is 0 Å². The molecule has 1 saturated carbocycles. The van der Waals surface area contributed by atoms with Gasteiger partial charge in [-0.2, -0.15) is 0 Å². The molecule has 0 aromatic heterocycles. The van der Waals surface area contributed by atoms with Gasteiger partial charge in [0.05, 0.1) is 4.91 Å². The number of unbranched alkanes of at least 4 members (excludes halogenated alkanes) is 2. The number of aryl methyl sites for hydroxylation is 1. The van der Waals surface area contributed by atoms with Gasteiger partial charge >= 0.3 is 0 Å². The predicted molar refractivity (Wildman–Crippen MR) is 168 cm³/mol. The number of benzene rings is 2. The number of carbonyl (C=O) groups is 2. The smallest absolute Gasteiger partial charge is 0.260 e. The molecule has 1 saturated heterocycles. The van der Waals surface area contributed by atoms with Crippen molar-refractivity contribution in [2.75, 3.05) is 26.2 Å². The van der Waals surface area contributed by atoms with Gasteiger partial charge in [-0.3, -0.25) is 9.59 Å². The summed E-state index contributed by atoms with van der Waals surface area (Å²) >= 11 is 1.76. The summed E-state index contributed by atoms with van der Waals surface area (Å²) in [6.07, 6.45) is 11.4. The van der Waals surface area contributed by atoms with E-state index in [0.717, 1.165) is 42.9 Å². The fraction of sp³-hybridized carbons (Fsp3) is 0.529. The van der Waals surface area contributed by atoms with Gasteiger partial charge in [0.15, 0.2) is 0 Å². The van der Waals surface area contributed by atoms with Gasteiger partial charge in [0.1, 0.15) is 0 Å². The molecule has 2 amide bonds. The van der Waals surface area contributed by atoms with Crippen LogP contribution in [0, 0.1) is 6.92 Å². The monoisotopic (exact) mass is 561 g/mol. The van der Waals surface area contributed by atoms with Gasteiger partial charge in [0, 0.05) is 36.5 Å². The molecule has 1 aliphatic carbocycles. The Morgan fingerprint density at radius 2 is 1.70 bits per heavy atom. The van der Waals surface area contributed by atoms with Gasteiger partial charge in [-0.05, 0) is 80.6 Å². The highest BCUT2D eigenvalue weighted by molar-refractivity contribution is 8.04. The molecule has 2 unspecified atom stereocenters. The Labute approximate surface area is 245 Å². The molecule has 1 heterocycles. The lowest BCUT2D eigenvalue weighted by atomic mass is 9.92. The van der Waals surface area contributed by atoms with E-state index in [2.05, 4.69) is 60.2 Å². The van der Waals surface area contributed by atoms with Gasteiger partial charge in [0.2, 0.25) is 0 Å². The standard InChI is InChI=1S/C34H47N3O2S/c1-4-6-21-36(22-7-5-2)23-20-35-33(38)28-18-16-27(17-19-28)24-32-34(39)37(25-29-13-9-8-12-26(29)3)30-14-10-11-15-31(30)40-32/h8-9,12-13,16-19,24,30-31H,4-7,10-11,14-15,20-23,25H2,1-3H3,(H,35,38)/b32-24+. The molecule has 2 aromatic rings. The van der Waals surface area contributed by atoms with Crippen LogP contribution in [-0.4, -0.2) is 59.1 Å². The van der Waals surface area contributed by atoms with Crippen LogP contribution in [0.4, 0.5) is 0 Å². The second kappa shape index (κ2) is 15.4. The van der Waals surface area contributed by atoms with E-state index in [1.54, 1.807) is 11.8 Å². The van der Waals surface area contributed by atoms with Crippen LogP contribution < -0.4 is 5.32 Å². The third kappa shape index (κ3) is 8.23. The molecule has 2 aliphatic rings. The van der Waals surface area contributed by atoms with Gasteiger partial charge in [-0.15, -0.1) is 11.8 Å². The third-order valence-electron chi connectivity index (χ3n) is 8.26. The molecule has 6 heteroatoms. The van der Waals surface area contributed by atoms with E-state index in [1.165, 1.54) is 49.7 Å². The van der Waals surface area contributed by atoms with Gasteiger partial charge in [-0.1, -0.05) is 75.9 Å². The first-order valence-electron chi connectivity index (χ1n) is 15.3. The first-order valence-corrected chi connectivity index (χ1v) is 16.2. The van der Waals surface area contributed by atoms with Crippen LogP contribution in [0.25, 0.3) is 6.08 Å². The Morgan fingerprint density at radius 1 is 1.00 bits per heavy atom. The minimum atomic E-state index is -0.0392. The average molecular weight is 562 g/mol. The number of hydrogen-bond donors (Lipinski definition) is 1. The van der Waals surface area contributed by atoms with Crippen LogP contribution in [0.5, 0.6) is 0 Å². The van der Waals surface area contributed by atoms with Crippen molar-refractivity contribution < 1.29 is 9.59 Å². The Kier molecular flexibility index (Phi) is 11.7. The zero-order valence-corrected chi connectivity index (χ0v) is 25.5. The molecular formula is C34H47N3O2S. The first-order chi connectivity index (χ1) is 19.5. The molecule has 2 aromatic carbocycles. The molecule has 0 spiro atoms. The van der Waals surface area contributed by atoms with Crippen LogP contribution in [0.2, 0.25) is 0 Å². The van der Waals surface area contributed by atoms with Crippen molar-refractivity contribution in [1.82, 2.24) is 15.1 Å². The normalized spacial score (nSPS) is 20.1. The number of hydrogen-bond acceptors (Lipinski definition) is 4. The Morgan fingerprint density at radius 3 is 2.40 bits per heavy atom. The highest BCUT2D eigenvalue weighted by Crippen LogP contribution is 2.42. The predicted octanol–water partition coefficient (Wildman–Crippen LogP) is 7.05. The number of fused-ring (bicyclic) bond motifs is 1. The summed E-state index contributed by atoms with van der Waals surface area (Å²) in [6, 6.07) is 16.4. The number of nitrogens with zero attached hydrogens (tertiary/aromatic N) is 2. The van der Waals surface area contributed by atoms with Crippen LogP contribution in [0.15, 0.2) is 53.4 Å². The van der Waals surface area contributed by atoms with Crippen molar-refractivity contribution >= 4 is 29.7 Å². The Bertz CT molecular complexity index is 1140. The molecule has 1 N–H and O–H groups in total. The largest absolute Gasteiger partial charge is 0.351 e. The Balaban J connectivity index is 1.39. The fourth-order valence-electron chi connectivity index (χ4n) is 5.74. The maximum atomic E-state index is 13.7. The van der Waals surface area contributed by atoms with Crippen molar-refractivity contribution in [3.05, 3.63) is 75.7 Å². The topological polar surface area (TPSA) is 52.7 Å². The summed E-state index contributed by atoms with van der Waals surface area (Å²) in [5.74, 6) is 0.0941. The van der Waals surface area contributed by atoms with Crippen LogP contribution in [0.1, 0.15) is 92.3 Å². The maximum Gasteiger partial charge on any atom is 0.260 e. The molecule has 40 heavy (non-hydrogen) atoms. The lowest BCUT2D eigenvalue weighted by molar-refractivity contribution is -0.130. The quantitative estimate of drug-likeness (QED) is 0.266. The molecule has 2 atom stereocenters. The number of thioether (sulfide) groups is 1. The van der Waals surface area contributed by atoms with Gasteiger partial charge < -0.3 is 15.1 Å². The van der Waals surface area contributed by atoms with E-state index < -0.39 is 0 Å². The summed E-state index contributed by atoms with van der Waals surface area (Å²) in [5.41, 5.74) is 4.07. The minimum Gasteiger partial charge on any atom is -0.351 e. The van der Waals surface area contributed by atoms with E-state index in [-0.39, 0.29) is 11.8 Å². The van der Waals surface area contributed by atoms with E-state index in [4.69, 9.17) is 0 Å². The fourth-order valence-corrected chi connectivity index (χ4v) is 7.22. The third-order valence-corrected chi connectivity index (χ3v) is 9.66. The van der Waals surface area contributed by atoms with E-state index in [9.17, 15) is 9.59 Å². The van der Waals surface area contributed by atoms with Crippen molar-refractivity contribution in [1.29, 1.82) is 0 Å². The van der Waals surface area contributed by atoms with Gasteiger partial charge in [0.25, 0.3) is 11.8 Å². The second-order valence-electron chi connectivity index (χ2n) is 11.3. The summed E-state index contributed by atoms with van der Waals surface area (Å²) in [5, 5.41) is 3.54. The van der Waals surface area contributed by atoms with E-state index in [1.807, 2.05) is 30.3 Å². The lowest BCUT2D eigenvalue weighted by Crippen LogP contribution is -2.50. The molecule has 5 nitrogen and oxygen atoms in total. The number of carbonyl (C=O) groups excluding carboxylic acids is 2. The summed E-state index contributed by atoms with van der Waals surface area (Å²) in [7, 11) is 0. The first kappa shape index (κ1) is 30.4. The van der Waals surface area contributed by atoms with Crippen molar-refractivity contribution in [3.63, 3.8) is 0 Å². The SMILES string of the molecule is CCCCN(CCCC)CCNC(=O)c1ccc(/C=C2/SC3CCCCC3N(Cc3ccccc3C)C2=O)cc1. The maximum absolute atomic E-state index is 13.7. The highest BCUT2D eigenvalue weighted by Gasteiger charge is 2.40. The Hall–Kier alpha value is -2.57.